The molecular weight excluding hydrogens is 635 g/mol. The molecule has 2 fully saturated rings. The lowest BCUT2D eigenvalue weighted by Crippen LogP contribution is -2.50. The summed E-state index contributed by atoms with van der Waals surface area (Å²) in [5, 5.41) is 12.4. The first-order valence-electron chi connectivity index (χ1n) is 19.4. The number of nitrogens with zero attached hydrogens (tertiary/aromatic N) is 2. The summed E-state index contributed by atoms with van der Waals surface area (Å²) in [7, 11) is 0. The molecule has 270 valence electrons. The molecule has 3 aliphatic rings. The Hall–Kier alpha value is -4.13. The van der Waals surface area contributed by atoms with E-state index in [1.165, 1.54) is 61.6 Å². The zero-order valence-corrected chi connectivity index (χ0v) is 31.0. The second-order valence-electron chi connectivity index (χ2n) is 16.6. The molecular formula is C44H55N3O4. The van der Waals surface area contributed by atoms with Gasteiger partial charge in [-0.3, -0.25) is 4.79 Å². The predicted molar refractivity (Wildman–Crippen MR) is 203 cm³/mol. The number of aliphatic carboxylic acids is 1. The van der Waals surface area contributed by atoms with Gasteiger partial charge in [-0.15, -0.1) is 0 Å². The Balaban J connectivity index is 1.22. The summed E-state index contributed by atoms with van der Waals surface area (Å²) >= 11 is 0. The third-order valence-corrected chi connectivity index (χ3v) is 12.7. The molecule has 2 saturated carbocycles. The Kier molecular flexibility index (Phi) is 10.0. The van der Waals surface area contributed by atoms with Crippen molar-refractivity contribution in [2.24, 2.45) is 17.3 Å². The van der Waals surface area contributed by atoms with Crippen molar-refractivity contribution in [3.05, 3.63) is 82.9 Å². The van der Waals surface area contributed by atoms with Gasteiger partial charge in [0.05, 0.1) is 11.0 Å². The molecule has 51 heavy (non-hydrogen) atoms. The van der Waals surface area contributed by atoms with Gasteiger partial charge in [0.15, 0.2) is 6.61 Å². The summed E-state index contributed by atoms with van der Waals surface area (Å²) in [6, 6.07) is 20.8. The quantitative estimate of drug-likeness (QED) is 0.164. The maximum Gasteiger partial charge on any atom is 0.341 e. The fourth-order valence-electron chi connectivity index (χ4n) is 10.0. The number of carboxylic acid groups (broad SMARTS) is 1. The number of ether oxygens (including phenoxy) is 1. The summed E-state index contributed by atoms with van der Waals surface area (Å²) in [4.78, 5) is 29.9. The molecule has 0 radical (unpaired) electrons. The van der Waals surface area contributed by atoms with Gasteiger partial charge in [-0.05, 0) is 108 Å². The highest BCUT2D eigenvalue weighted by Gasteiger charge is 2.52. The molecule has 3 atom stereocenters. The van der Waals surface area contributed by atoms with E-state index in [4.69, 9.17) is 9.72 Å². The van der Waals surface area contributed by atoms with Gasteiger partial charge in [-0.1, -0.05) is 96.6 Å². The van der Waals surface area contributed by atoms with Crippen molar-refractivity contribution in [2.45, 2.75) is 116 Å². The number of carbonyl (C=O) groups excluding carboxylic acids is 1. The Morgan fingerprint density at radius 3 is 2.59 bits per heavy atom. The average Bonchev–Trinajstić information content (AvgIpc) is 3.47. The van der Waals surface area contributed by atoms with E-state index in [1.54, 1.807) is 6.07 Å². The lowest BCUT2D eigenvalue weighted by Gasteiger charge is -2.56. The Bertz CT molecular complexity index is 1910. The van der Waals surface area contributed by atoms with Crippen molar-refractivity contribution in [3.8, 4) is 17.1 Å². The summed E-state index contributed by atoms with van der Waals surface area (Å²) in [5.74, 6) is 1.98. The zero-order valence-electron chi connectivity index (χ0n) is 31.0. The van der Waals surface area contributed by atoms with Crippen molar-refractivity contribution >= 4 is 22.9 Å². The molecule has 0 bridgehead atoms. The number of carboxylic acids is 1. The van der Waals surface area contributed by atoms with Gasteiger partial charge in [0.25, 0.3) is 5.91 Å². The first-order valence-corrected chi connectivity index (χ1v) is 19.4. The third-order valence-electron chi connectivity index (χ3n) is 12.7. The minimum Gasteiger partial charge on any atom is -0.482 e. The molecule has 0 spiro atoms. The molecule has 2 N–H and O–H groups in total. The molecule has 3 aliphatic carbocycles. The average molecular weight is 690 g/mol. The summed E-state index contributed by atoms with van der Waals surface area (Å²) in [6.07, 6.45) is 13.3. The highest BCUT2D eigenvalue weighted by atomic mass is 16.5. The van der Waals surface area contributed by atoms with Crippen molar-refractivity contribution in [1.82, 2.24) is 14.9 Å². The van der Waals surface area contributed by atoms with Crippen LogP contribution in [0, 0.1) is 17.3 Å². The zero-order chi connectivity index (χ0) is 35.8. The van der Waals surface area contributed by atoms with Gasteiger partial charge < -0.3 is 19.7 Å². The minimum absolute atomic E-state index is 0.0103. The van der Waals surface area contributed by atoms with E-state index >= 15 is 0 Å². The molecule has 3 aromatic carbocycles. The molecule has 1 aromatic heterocycles. The lowest BCUT2D eigenvalue weighted by molar-refractivity contribution is -0.139. The molecule has 7 heteroatoms. The number of aromatic nitrogens is 2. The third kappa shape index (κ3) is 7.18. The number of aryl methyl sites for hydroxylation is 1. The second kappa shape index (κ2) is 14.5. The molecule has 7 nitrogen and oxygen atoms in total. The van der Waals surface area contributed by atoms with E-state index in [0.717, 1.165) is 54.6 Å². The fourth-order valence-corrected chi connectivity index (χ4v) is 10.0. The van der Waals surface area contributed by atoms with Gasteiger partial charge in [0, 0.05) is 24.2 Å². The van der Waals surface area contributed by atoms with Crippen LogP contribution in [0.4, 0.5) is 0 Å². The van der Waals surface area contributed by atoms with Crippen LogP contribution < -0.4 is 10.1 Å². The fraction of sp³-hybridized carbons (Fsp3) is 0.523. The summed E-state index contributed by atoms with van der Waals surface area (Å²) < 4.78 is 7.96. The number of benzene rings is 3. The topological polar surface area (TPSA) is 93.4 Å². The largest absolute Gasteiger partial charge is 0.482 e. The van der Waals surface area contributed by atoms with E-state index in [9.17, 15) is 14.7 Å². The standard InChI is InChI=1S/C44H55N3O4/c1-29(2)31-14-17-36-32(24-31)16-19-39-43(3,21-9-22-44(36,39)4)28-47-38-18-15-34(42(50)45-23-20-30-10-6-5-7-11-30)26-37(38)46-41(47)33-12-8-13-35(25-33)51-27-40(48)49/h8,12-15,17-18,24-26,29-30,39H,5-7,9-11,16,19-23,27-28H2,1-4H3,(H,45,50)(H,48,49)/t39-,43+,44+/m0/s1. The van der Waals surface area contributed by atoms with Crippen LogP contribution in [0.25, 0.3) is 22.4 Å². The SMILES string of the molecule is CC(C)c1ccc2c(c1)CC[C@H]1[C@@](C)(Cn3c(-c4cccc(OCC(=O)O)c4)nc4cc(C(=O)NCCC5CCCCC5)ccc43)CCC[C@]21C. The van der Waals surface area contributed by atoms with Gasteiger partial charge in [0.1, 0.15) is 11.6 Å². The van der Waals surface area contributed by atoms with Crippen molar-refractivity contribution < 1.29 is 19.4 Å². The van der Waals surface area contributed by atoms with Crippen LogP contribution in [0.2, 0.25) is 0 Å². The number of hydrogen-bond donors (Lipinski definition) is 2. The van der Waals surface area contributed by atoms with Crippen molar-refractivity contribution in [3.63, 3.8) is 0 Å². The van der Waals surface area contributed by atoms with Crippen molar-refractivity contribution in [2.75, 3.05) is 13.2 Å². The Morgan fingerprint density at radius 2 is 1.80 bits per heavy atom. The number of nitrogens with one attached hydrogen (secondary N) is 1. The first-order chi connectivity index (χ1) is 24.5. The van der Waals surface area contributed by atoms with E-state index in [1.807, 2.05) is 30.3 Å². The predicted octanol–water partition coefficient (Wildman–Crippen LogP) is 9.70. The molecule has 1 heterocycles. The van der Waals surface area contributed by atoms with Crippen LogP contribution in [0.1, 0.15) is 125 Å². The number of imidazole rings is 1. The van der Waals surface area contributed by atoms with Gasteiger partial charge >= 0.3 is 5.97 Å². The number of rotatable bonds is 11. The first kappa shape index (κ1) is 35.3. The van der Waals surface area contributed by atoms with Crippen LogP contribution in [0.15, 0.2) is 60.7 Å². The van der Waals surface area contributed by atoms with Crippen LogP contribution in [0.3, 0.4) is 0 Å². The Labute approximate surface area is 303 Å². The Morgan fingerprint density at radius 1 is 0.980 bits per heavy atom. The smallest absolute Gasteiger partial charge is 0.341 e. The van der Waals surface area contributed by atoms with E-state index < -0.39 is 12.6 Å². The highest BCUT2D eigenvalue weighted by Crippen LogP contribution is 2.58. The second-order valence-corrected chi connectivity index (χ2v) is 16.6. The summed E-state index contributed by atoms with van der Waals surface area (Å²) in [5.41, 5.74) is 7.89. The monoisotopic (exact) mass is 689 g/mol. The van der Waals surface area contributed by atoms with Gasteiger partial charge in [-0.25, -0.2) is 9.78 Å². The summed E-state index contributed by atoms with van der Waals surface area (Å²) in [6.45, 7) is 10.6. The minimum atomic E-state index is -1.01. The number of fused-ring (bicyclic) bond motifs is 4. The van der Waals surface area contributed by atoms with Gasteiger partial charge in [-0.2, -0.15) is 0 Å². The van der Waals surface area contributed by atoms with Crippen LogP contribution in [-0.4, -0.2) is 39.7 Å². The normalized spacial score (nSPS) is 23.5. The van der Waals surface area contributed by atoms with Crippen LogP contribution >= 0.6 is 0 Å². The number of hydrogen-bond acceptors (Lipinski definition) is 4. The number of carbonyl (C=O) groups is 2. The molecule has 0 saturated heterocycles. The van der Waals surface area contributed by atoms with Crippen LogP contribution in [-0.2, 0) is 23.2 Å². The maximum absolute atomic E-state index is 13.4. The molecule has 1 amide bonds. The van der Waals surface area contributed by atoms with Crippen molar-refractivity contribution in [1.29, 1.82) is 0 Å². The number of amides is 1. The molecule has 4 aromatic rings. The molecule has 0 unspecified atom stereocenters. The van der Waals surface area contributed by atoms with E-state index in [0.29, 0.717) is 35.6 Å². The molecule has 7 rings (SSSR count). The van der Waals surface area contributed by atoms with E-state index in [2.05, 4.69) is 61.8 Å². The highest BCUT2D eigenvalue weighted by molar-refractivity contribution is 5.98. The maximum atomic E-state index is 13.4. The van der Waals surface area contributed by atoms with E-state index in [-0.39, 0.29) is 16.7 Å². The van der Waals surface area contributed by atoms with Gasteiger partial charge in [0.2, 0.25) is 0 Å². The molecule has 0 aliphatic heterocycles. The lowest BCUT2D eigenvalue weighted by atomic mass is 9.49. The van der Waals surface area contributed by atoms with Crippen LogP contribution in [0.5, 0.6) is 5.75 Å².